The molecule has 0 aromatic heterocycles. The maximum Gasteiger partial charge on any atom is 0.170 e. The van der Waals surface area contributed by atoms with Gasteiger partial charge >= 0.3 is 0 Å². The van der Waals surface area contributed by atoms with Crippen LogP contribution in [0.4, 0.5) is 0 Å². The van der Waals surface area contributed by atoms with E-state index in [2.05, 4.69) is 0 Å². The van der Waals surface area contributed by atoms with Gasteiger partial charge in [-0.2, -0.15) is 0 Å². The maximum atomic E-state index is 12.2. The summed E-state index contributed by atoms with van der Waals surface area (Å²) in [6.07, 6.45) is -0.142. The number of aromatic hydroxyl groups is 2. The summed E-state index contributed by atoms with van der Waals surface area (Å²) in [5.41, 5.74) is 2.67. The first-order valence-electron chi connectivity index (χ1n) is 12.7. The van der Waals surface area contributed by atoms with E-state index in [1.54, 1.807) is 26.4 Å². The number of phenolic OH excluding ortho intramolecular Hbond substituents is 2. The highest BCUT2D eigenvalue weighted by molar-refractivity contribution is 6.01. The van der Waals surface area contributed by atoms with Gasteiger partial charge in [-0.1, -0.05) is 24.3 Å². The van der Waals surface area contributed by atoms with Crippen LogP contribution in [0.5, 0.6) is 34.5 Å². The zero-order valence-corrected chi connectivity index (χ0v) is 22.0. The second-order valence-electron chi connectivity index (χ2n) is 9.38. The van der Waals surface area contributed by atoms with Gasteiger partial charge in [0, 0.05) is 0 Å². The number of benzene rings is 4. The molecule has 0 bridgehead atoms. The second-order valence-corrected chi connectivity index (χ2v) is 9.38. The molecule has 0 saturated carbocycles. The van der Waals surface area contributed by atoms with Crippen LogP contribution in [-0.2, 0) is 0 Å². The number of fused-ring (bicyclic) bond motifs is 2. The molecule has 0 amide bonds. The molecule has 2 aliphatic rings. The molecule has 40 heavy (non-hydrogen) atoms. The normalized spacial score (nSPS) is 17.2. The molecule has 0 aliphatic carbocycles. The van der Waals surface area contributed by atoms with Gasteiger partial charge in [0.05, 0.1) is 38.2 Å². The first kappa shape index (κ1) is 26.6. The van der Waals surface area contributed by atoms with E-state index in [4.69, 9.17) is 18.9 Å². The topological polar surface area (TPSA) is 112 Å². The van der Waals surface area contributed by atoms with Gasteiger partial charge in [-0.25, -0.2) is 0 Å². The van der Waals surface area contributed by atoms with Crippen molar-refractivity contribution in [3.8, 4) is 34.5 Å². The predicted octanol–water partition coefficient (Wildman–Crippen LogP) is 6.21. The van der Waals surface area contributed by atoms with E-state index in [1.807, 2.05) is 48.5 Å². The highest BCUT2D eigenvalue weighted by atomic mass is 16.5. The van der Waals surface area contributed by atoms with Crippen molar-refractivity contribution in [1.29, 1.82) is 0 Å². The molecule has 6 rings (SSSR count). The van der Waals surface area contributed by atoms with Crippen LogP contribution in [0.15, 0.2) is 84.9 Å². The van der Waals surface area contributed by atoms with Crippen LogP contribution in [-0.4, -0.2) is 36.0 Å². The summed E-state index contributed by atoms with van der Waals surface area (Å²) in [6, 6.07) is 24.1. The van der Waals surface area contributed by atoms with Crippen molar-refractivity contribution in [3.05, 3.63) is 107 Å². The lowest BCUT2D eigenvalue weighted by molar-refractivity contribution is 0.0840. The minimum absolute atomic E-state index is 0.0324. The second kappa shape index (κ2) is 11.4. The number of Topliss-reactive ketones (excluding diaryl/α,β-unsaturated/α-hetero) is 2. The van der Waals surface area contributed by atoms with Crippen LogP contribution < -0.4 is 18.9 Å². The first-order valence-corrected chi connectivity index (χ1v) is 12.7. The molecule has 2 unspecified atom stereocenters. The molecule has 8 heteroatoms. The minimum atomic E-state index is -0.324. The van der Waals surface area contributed by atoms with E-state index >= 15 is 0 Å². The molecule has 4 aromatic carbocycles. The van der Waals surface area contributed by atoms with E-state index in [-0.39, 0.29) is 48.1 Å². The Bertz CT molecular complexity index is 1440. The maximum absolute atomic E-state index is 12.2. The number of hydrogen-bond acceptors (Lipinski definition) is 8. The number of carbonyl (C=O) groups is 2. The Balaban J connectivity index is 0.000000161. The SMILES string of the molecule is COc1cccc(C2CC(=O)c3cc(O)ccc3O2)c1.COc1cccc(C2CC(=O)c3cc(O)ccc3O2)c1. The lowest BCUT2D eigenvalue weighted by Gasteiger charge is -2.25. The number of ketones is 2. The molecule has 2 heterocycles. The number of hydrogen-bond donors (Lipinski definition) is 2. The van der Waals surface area contributed by atoms with Crippen LogP contribution >= 0.6 is 0 Å². The molecule has 8 nitrogen and oxygen atoms in total. The van der Waals surface area contributed by atoms with E-state index < -0.39 is 0 Å². The van der Waals surface area contributed by atoms with Gasteiger partial charge in [-0.15, -0.1) is 0 Å². The van der Waals surface area contributed by atoms with Crippen LogP contribution in [0.1, 0.15) is 56.9 Å². The van der Waals surface area contributed by atoms with Crippen molar-refractivity contribution in [2.75, 3.05) is 14.2 Å². The zero-order valence-electron chi connectivity index (χ0n) is 22.0. The van der Waals surface area contributed by atoms with Crippen molar-refractivity contribution in [3.63, 3.8) is 0 Å². The quantitative estimate of drug-likeness (QED) is 0.314. The van der Waals surface area contributed by atoms with Gasteiger partial charge in [-0.3, -0.25) is 9.59 Å². The Hall–Kier alpha value is -4.98. The summed E-state index contributed by atoms with van der Waals surface area (Å²) in [5, 5.41) is 18.9. The number of methoxy groups -OCH3 is 2. The Morgan fingerprint density at radius 1 is 0.625 bits per heavy atom. The fraction of sp³-hybridized carbons (Fsp3) is 0.188. The summed E-state index contributed by atoms with van der Waals surface area (Å²) in [7, 11) is 3.20. The molecule has 0 fully saturated rings. The number of rotatable bonds is 4. The average molecular weight is 541 g/mol. The number of phenols is 2. The summed E-state index contributed by atoms with van der Waals surface area (Å²) in [6.45, 7) is 0. The van der Waals surface area contributed by atoms with Crippen molar-refractivity contribution < 1.29 is 38.7 Å². The van der Waals surface area contributed by atoms with E-state index in [0.717, 1.165) is 22.6 Å². The third kappa shape index (κ3) is 5.71. The van der Waals surface area contributed by atoms with E-state index in [1.165, 1.54) is 24.3 Å². The smallest absolute Gasteiger partial charge is 0.170 e. The monoisotopic (exact) mass is 540 g/mol. The van der Waals surface area contributed by atoms with Crippen LogP contribution in [0.25, 0.3) is 0 Å². The van der Waals surface area contributed by atoms with Gasteiger partial charge in [0.2, 0.25) is 0 Å². The first-order chi connectivity index (χ1) is 19.3. The number of carbonyl (C=O) groups excluding carboxylic acids is 2. The Kier molecular flexibility index (Phi) is 7.59. The standard InChI is InChI=1S/2C16H14O4/c2*1-19-12-4-2-3-10(7-12)16-9-14(18)13-8-11(17)5-6-15(13)20-16/h2*2-8,16-17H,9H2,1H3. The van der Waals surface area contributed by atoms with Crippen LogP contribution in [0.2, 0.25) is 0 Å². The third-order valence-corrected chi connectivity index (χ3v) is 6.74. The molecule has 2 N–H and O–H groups in total. The van der Waals surface area contributed by atoms with Crippen LogP contribution in [0, 0.1) is 0 Å². The molecule has 2 aliphatic heterocycles. The lowest BCUT2D eigenvalue weighted by Crippen LogP contribution is -2.20. The Morgan fingerprint density at radius 2 is 1.05 bits per heavy atom. The van der Waals surface area contributed by atoms with Crippen molar-refractivity contribution in [2.24, 2.45) is 0 Å². The van der Waals surface area contributed by atoms with Gasteiger partial charge in [0.25, 0.3) is 0 Å². The van der Waals surface area contributed by atoms with Crippen molar-refractivity contribution in [1.82, 2.24) is 0 Å². The molecular weight excluding hydrogens is 512 g/mol. The minimum Gasteiger partial charge on any atom is -0.508 e. The fourth-order valence-corrected chi connectivity index (χ4v) is 4.68. The molecular formula is C32H28O8. The summed E-state index contributed by atoms with van der Waals surface area (Å²) >= 11 is 0. The van der Waals surface area contributed by atoms with Crippen molar-refractivity contribution >= 4 is 11.6 Å². The molecule has 0 saturated heterocycles. The zero-order chi connectivity index (χ0) is 28.2. The molecule has 204 valence electrons. The van der Waals surface area contributed by atoms with Crippen molar-refractivity contribution in [2.45, 2.75) is 25.0 Å². The van der Waals surface area contributed by atoms with E-state index in [9.17, 15) is 19.8 Å². The van der Waals surface area contributed by atoms with Crippen LogP contribution in [0.3, 0.4) is 0 Å². The van der Waals surface area contributed by atoms with E-state index in [0.29, 0.717) is 22.6 Å². The summed E-state index contributed by atoms with van der Waals surface area (Å²) < 4.78 is 22.1. The lowest BCUT2D eigenvalue weighted by atomic mass is 9.96. The van der Waals surface area contributed by atoms with Gasteiger partial charge < -0.3 is 29.2 Å². The molecule has 4 aromatic rings. The largest absolute Gasteiger partial charge is 0.508 e. The molecule has 2 atom stereocenters. The third-order valence-electron chi connectivity index (χ3n) is 6.74. The summed E-state index contributed by atoms with van der Waals surface area (Å²) in [4.78, 5) is 24.3. The highest BCUT2D eigenvalue weighted by Crippen LogP contribution is 2.38. The van der Waals surface area contributed by atoms with Gasteiger partial charge in [0.15, 0.2) is 11.6 Å². The fourth-order valence-electron chi connectivity index (χ4n) is 4.68. The predicted molar refractivity (Wildman–Crippen MR) is 147 cm³/mol. The summed E-state index contributed by atoms with van der Waals surface area (Å²) in [5.74, 6) is 2.55. The molecule has 0 radical (unpaired) electrons. The highest BCUT2D eigenvalue weighted by Gasteiger charge is 2.29. The molecule has 0 spiro atoms. The van der Waals surface area contributed by atoms with Gasteiger partial charge in [0.1, 0.15) is 46.7 Å². The Labute approximate surface area is 231 Å². The van der Waals surface area contributed by atoms with Gasteiger partial charge in [-0.05, 0) is 71.8 Å². The average Bonchev–Trinajstić information content (AvgIpc) is 2.98. The Morgan fingerprint density at radius 3 is 1.45 bits per heavy atom. The number of ether oxygens (including phenoxy) is 4.